The van der Waals surface area contributed by atoms with Gasteiger partial charge in [0.05, 0.1) is 13.2 Å². The normalized spacial score (nSPS) is 13.4. The summed E-state index contributed by atoms with van der Waals surface area (Å²) in [4.78, 5) is 34.9. The Labute approximate surface area is 358 Å². The van der Waals surface area contributed by atoms with Crippen molar-refractivity contribution >= 4 is 19.8 Å². The lowest BCUT2D eigenvalue weighted by Gasteiger charge is -2.19. The number of allylic oxidation sites excluding steroid dienone is 4. The van der Waals surface area contributed by atoms with Crippen molar-refractivity contribution in [1.29, 1.82) is 0 Å². The number of ether oxygens (including phenoxy) is 2. The summed E-state index contributed by atoms with van der Waals surface area (Å²) >= 11 is 0. The van der Waals surface area contributed by atoms with Gasteiger partial charge >= 0.3 is 19.8 Å². The van der Waals surface area contributed by atoms with Gasteiger partial charge in [-0.05, 0) is 71.1 Å². The van der Waals surface area contributed by atoms with Crippen molar-refractivity contribution in [2.24, 2.45) is 0 Å². The van der Waals surface area contributed by atoms with Crippen molar-refractivity contribution in [3.8, 4) is 0 Å². The molecule has 0 aromatic rings. The highest BCUT2D eigenvalue weighted by Gasteiger charge is 2.25. The average Bonchev–Trinajstić information content (AvgIpc) is 3.20. The molecule has 2 unspecified atom stereocenters. The van der Waals surface area contributed by atoms with Crippen LogP contribution < -0.4 is 0 Å². The Morgan fingerprint density at radius 1 is 0.448 bits per heavy atom. The molecule has 0 spiro atoms. The Morgan fingerprint density at radius 3 is 1.14 bits per heavy atom. The summed E-state index contributed by atoms with van der Waals surface area (Å²) in [6.45, 7) is 5.50. The topological polar surface area (TPSA) is 108 Å². The molecule has 1 N–H and O–H groups in total. The van der Waals surface area contributed by atoms with Crippen molar-refractivity contribution in [3.63, 3.8) is 0 Å². The van der Waals surface area contributed by atoms with E-state index < -0.39 is 26.5 Å². The molecule has 0 aromatic heterocycles. The number of unbranched alkanes of at least 4 members (excludes halogenated alkanes) is 30. The summed E-state index contributed by atoms with van der Waals surface area (Å²) in [6, 6.07) is 0. The van der Waals surface area contributed by atoms with Gasteiger partial charge in [0, 0.05) is 12.8 Å². The third kappa shape index (κ3) is 44.1. The highest BCUT2D eigenvalue weighted by molar-refractivity contribution is 7.47. The molecule has 0 aliphatic heterocycles. The van der Waals surface area contributed by atoms with Crippen molar-refractivity contribution in [1.82, 2.24) is 0 Å². The smallest absolute Gasteiger partial charge is 0.462 e. The van der Waals surface area contributed by atoms with E-state index in [0.29, 0.717) is 12.8 Å². The van der Waals surface area contributed by atoms with Gasteiger partial charge in [-0.2, -0.15) is 0 Å². The molecule has 2 atom stereocenters. The van der Waals surface area contributed by atoms with Gasteiger partial charge in [0.15, 0.2) is 6.10 Å². The standard InChI is InChI=1S/C49H93O8P/c1-4-7-9-11-13-15-17-19-21-23-24-25-26-28-30-32-34-36-38-40-42-44-49(51)57-47(46-56-58(52,53)55-6-3)45-54-48(50)43-41-39-37-35-33-31-29-27-22-20-18-16-14-12-10-8-5-2/h20,22-24,47H,4-19,21,25-46H2,1-3H3,(H,52,53)/b22-20-,24-23-. The van der Waals surface area contributed by atoms with Crippen LogP contribution in [0.25, 0.3) is 0 Å². The van der Waals surface area contributed by atoms with Gasteiger partial charge in [0.25, 0.3) is 0 Å². The number of phosphoric acid groups is 1. The fraction of sp³-hybridized carbons (Fsp3) is 0.878. The molecule has 0 radical (unpaired) electrons. The van der Waals surface area contributed by atoms with E-state index in [4.69, 9.17) is 18.5 Å². The summed E-state index contributed by atoms with van der Waals surface area (Å²) in [5.74, 6) is -0.795. The van der Waals surface area contributed by atoms with Gasteiger partial charge in [-0.15, -0.1) is 0 Å². The first-order valence-corrected chi connectivity index (χ1v) is 26.1. The van der Waals surface area contributed by atoms with Gasteiger partial charge in [-0.3, -0.25) is 18.6 Å². The van der Waals surface area contributed by atoms with Gasteiger partial charge in [-0.25, -0.2) is 4.57 Å². The maximum absolute atomic E-state index is 12.6. The molecule has 9 heteroatoms. The zero-order valence-electron chi connectivity index (χ0n) is 38.2. The van der Waals surface area contributed by atoms with Crippen LogP contribution in [0.3, 0.4) is 0 Å². The van der Waals surface area contributed by atoms with Gasteiger partial charge in [0.1, 0.15) is 6.61 Å². The molecule has 0 amide bonds. The van der Waals surface area contributed by atoms with Crippen LogP contribution in [-0.2, 0) is 32.7 Å². The lowest BCUT2D eigenvalue weighted by molar-refractivity contribution is -0.161. The lowest BCUT2D eigenvalue weighted by Crippen LogP contribution is -2.29. The number of carbonyl (C=O) groups is 2. The summed E-state index contributed by atoms with van der Waals surface area (Å²) in [6.07, 6.45) is 50.9. The number of hydrogen-bond acceptors (Lipinski definition) is 7. The summed E-state index contributed by atoms with van der Waals surface area (Å²) < 4.78 is 32.8. The first-order valence-electron chi connectivity index (χ1n) is 24.6. The van der Waals surface area contributed by atoms with Crippen LogP contribution in [-0.4, -0.2) is 42.8 Å². The molecule has 58 heavy (non-hydrogen) atoms. The second-order valence-electron chi connectivity index (χ2n) is 16.5. The number of esters is 2. The fourth-order valence-corrected chi connectivity index (χ4v) is 7.85. The summed E-state index contributed by atoms with van der Waals surface area (Å²) in [5, 5.41) is 0. The molecule has 0 rings (SSSR count). The first kappa shape index (κ1) is 56.5. The van der Waals surface area contributed by atoms with Crippen molar-refractivity contribution in [2.75, 3.05) is 19.8 Å². The average molecular weight is 841 g/mol. The van der Waals surface area contributed by atoms with Crippen LogP contribution in [0.4, 0.5) is 0 Å². The Kier molecular flexibility index (Phi) is 43.9. The molecule has 0 saturated carbocycles. The molecule has 8 nitrogen and oxygen atoms in total. The number of carbonyl (C=O) groups excluding carboxylic acids is 2. The predicted octanol–water partition coefficient (Wildman–Crippen LogP) is 15.8. The third-order valence-corrected chi connectivity index (χ3v) is 11.8. The minimum absolute atomic E-state index is 0.000984. The zero-order valence-corrected chi connectivity index (χ0v) is 39.1. The SMILES string of the molecule is CCCCCCCC/C=C\CCCCCCCCCC(=O)OCC(COP(=O)(O)OCC)OC(=O)CCCCCCCCCCC/C=C\CCCCCCCCCC. The maximum atomic E-state index is 12.6. The molecule has 0 aliphatic carbocycles. The molecular formula is C49H93O8P. The minimum atomic E-state index is -4.28. The van der Waals surface area contributed by atoms with Crippen LogP contribution >= 0.6 is 7.82 Å². The third-order valence-electron chi connectivity index (χ3n) is 10.7. The van der Waals surface area contributed by atoms with Crippen molar-refractivity contribution in [3.05, 3.63) is 24.3 Å². The summed E-state index contributed by atoms with van der Waals surface area (Å²) in [7, 11) is -4.28. The van der Waals surface area contributed by atoms with E-state index in [2.05, 4.69) is 38.2 Å². The molecule has 0 heterocycles. The largest absolute Gasteiger partial charge is 0.472 e. The monoisotopic (exact) mass is 841 g/mol. The highest BCUT2D eigenvalue weighted by Crippen LogP contribution is 2.43. The van der Waals surface area contributed by atoms with E-state index in [1.165, 1.54) is 180 Å². The van der Waals surface area contributed by atoms with E-state index >= 15 is 0 Å². The number of phosphoric ester groups is 1. The van der Waals surface area contributed by atoms with E-state index in [-0.39, 0.29) is 25.6 Å². The zero-order chi connectivity index (χ0) is 42.5. The van der Waals surface area contributed by atoms with Crippen molar-refractivity contribution < 1.29 is 37.6 Å². The molecular weight excluding hydrogens is 748 g/mol. The van der Waals surface area contributed by atoms with Crippen LogP contribution in [0.1, 0.15) is 252 Å². The van der Waals surface area contributed by atoms with Crippen molar-refractivity contribution in [2.45, 2.75) is 258 Å². The second kappa shape index (κ2) is 45.1. The molecule has 0 fully saturated rings. The van der Waals surface area contributed by atoms with Gasteiger partial charge in [-0.1, -0.05) is 192 Å². The lowest BCUT2D eigenvalue weighted by atomic mass is 10.1. The molecule has 0 bridgehead atoms. The highest BCUT2D eigenvalue weighted by atomic mass is 31.2. The quantitative estimate of drug-likeness (QED) is 0.0279. The Bertz CT molecular complexity index is 999. The van der Waals surface area contributed by atoms with Gasteiger partial charge < -0.3 is 14.4 Å². The van der Waals surface area contributed by atoms with E-state index in [1.54, 1.807) is 6.92 Å². The molecule has 0 aromatic carbocycles. The van der Waals surface area contributed by atoms with Crippen LogP contribution in [0.15, 0.2) is 24.3 Å². The van der Waals surface area contributed by atoms with Crippen LogP contribution in [0.5, 0.6) is 0 Å². The van der Waals surface area contributed by atoms with Crippen LogP contribution in [0, 0.1) is 0 Å². The number of rotatable bonds is 46. The van der Waals surface area contributed by atoms with Crippen LogP contribution in [0.2, 0.25) is 0 Å². The number of hydrogen-bond donors (Lipinski definition) is 1. The Balaban J connectivity index is 3.99. The predicted molar refractivity (Wildman–Crippen MR) is 244 cm³/mol. The second-order valence-corrected chi connectivity index (χ2v) is 17.9. The van der Waals surface area contributed by atoms with Gasteiger partial charge in [0.2, 0.25) is 0 Å². The fourth-order valence-electron chi connectivity index (χ4n) is 7.09. The molecule has 0 saturated heterocycles. The minimum Gasteiger partial charge on any atom is -0.462 e. The first-order chi connectivity index (χ1) is 28.3. The Hall–Kier alpha value is -1.47. The van der Waals surface area contributed by atoms with E-state index in [0.717, 1.165) is 32.1 Å². The maximum Gasteiger partial charge on any atom is 0.472 e. The van der Waals surface area contributed by atoms with E-state index in [1.807, 2.05) is 0 Å². The molecule has 0 aliphatic rings. The summed E-state index contributed by atoms with van der Waals surface area (Å²) in [5.41, 5.74) is 0. The molecule has 342 valence electrons. The van der Waals surface area contributed by atoms with E-state index in [9.17, 15) is 19.0 Å². The Morgan fingerprint density at radius 2 is 0.776 bits per heavy atom.